The van der Waals surface area contributed by atoms with E-state index in [9.17, 15) is 4.79 Å². The van der Waals surface area contributed by atoms with Crippen LogP contribution in [0.1, 0.15) is 31.4 Å². The fourth-order valence-electron chi connectivity index (χ4n) is 2.88. The summed E-state index contributed by atoms with van der Waals surface area (Å²) in [6.45, 7) is 4.07. The quantitative estimate of drug-likeness (QED) is 0.773. The topological polar surface area (TPSA) is 17.1 Å². The van der Waals surface area contributed by atoms with E-state index in [4.69, 9.17) is 0 Å². The Morgan fingerprint density at radius 3 is 1.85 bits per heavy atom. The highest BCUT2D eigenvalue weighted by molar-refractivity contribution is 6.33. The third-order valence-electron chi connectivity index (χ3n) is 3.95. The SMILES string of the molecule is CC1(C)CC(c2ccccc2)=C(c2ccccc2)C1=O. The zero-order valence-corrected chi connectivity index (χ0v) is 11.9. The van der Waals surface area contributed by atoms with E-state index in [0.29, 0.717) is 0 Å². The molecule has 0 unspecified atom stereocenters. The van der Waals surface area contributed by atoms with Gasteiger partial charge in [-0.3, -0.25) is 4.79 Å². The van der Waals surface area contributed by atoms with E-state index in [-0.39, 0.29) is 11.2 Å². The average molecular weight is 262 g/mol. The summed E-state index contributed by atoms with van der Waals surface area (Å²) in [5.41, 5.74) is 3.94. The summed E-state index contributed by atoms with van der Waals surface area (Å²) in [4.78, 5) is 12.8. The van der Waals surface area contributed by atoms with Crippen LogP contribution in [0.3, 0.4) is 0 Å². The average Bonchev–Trinajstić information content (AvgIpc) is 2.72. The van der Waals surface area contributed by atoms with E-state index in [1.54, 1.807) is 0 Å². The third-order valence-corrected chi connectivity index (χ3v) is 3.95. The van der Waals surface area contributed by atoms with Gasteiger partial charge >= 0.3 is 0 Å². The van der Waals surface area contributed by atoms with Crippen molar-refractivity contribution in [3.8, 4) is 0 Å². The second-order valence-corrected chi connectivity index (χ2v) is 5.98. The van der Waals surface area contributed by atoms with Crippen LogP contribution in [-0.4, -0.2) is 5.78 Å². The Balaban J connectivity index is 2.20. The van der Waals surface area contributed by atoms with Crippen molar-refractivity contribution in [2.24, 2.45) is 5.41 Å². The van der Waals surface area contributed by atoms with E-state index in [0.717, 1.165) is 23.1 Å². The second-order valence-electron chi connectivity index (χ2n) is 5.98. The Hall–Kier alpha value is -2.15. The molecule has 0 aliphatic heterocycles. The molecular weight excluding hydrogens is 244 g/mol. The molecule has 0 spiro atoms. The molecule has 0 radical (unpaired) electrons. The first-order valence-electron chi connectivity index (χ1n) is 6.98. The van der Waals surface area contributed by atoms with E-state index < -0.39 is 0 Å². The highest BCUT2D eigenvalue weighted by Crippen LogP contribution is 2.46. The van der Waals surface area contributed by atoms with E-state index in [1.165, 1.54) is 5.57 Å². The maximum absolute atomic E-state index is 12.8. The first-order chi connectivity index (χ1) is 9.59. The molecule has 2 aromatic carbocycles. The summed E-state index contributed by atoms with van der Waals surface area (Å²) in [6, 6.07) is 20.3. The maximum Gasteiger partial charge on any atom is 0.169 e. The van der Waals surface area contributed by atoms with Crippen molar-refractivity contribution < 1.29 is 4.79 Å². The minimum absolute atomic E-state index is 0.252. The molecule has 3 rings (SSSR count). The number of Topliss-reactive ketones (excluding diaryl/α,β-unsaturated/α-hetero) is 1. The molecule has 0 saturated carbocycles. The van der Waals surface area contributed by atoms with Gasteiger partial charge in [0.25, 0.3) is 0 Å². The molecule has 0 atom stereocenters. The van der Waals surface area contributed by atoms with Gasteiger partial charge < -0.3 is 0 Å². The summed E-state index contributed by atoms with van der Waals surface area (Å²) in [6.07, 6.45) is 0.806. The Bertz CT molecular complexity index is 663. The summed E-state index contributed by atoms with van der Waals surface area (Å²) in [7, 11) is 0. The molecule has 0 fully saturated rings. The van der Waals surface area contributed by atoms with Gasteiger partial charge in [0.15, 0.2) is 5.78 Å². The van der Waals surface area contributed by atoms with Crippen LogP contribution in [0.25, 0.3) is 11.1 Å². The lowest BCUT2D eigenvalue weighted by atomic mass is 9.86. The number of hydrogen-bond donors (Lipinski definition) is 0. The summed E-state index contributed by atoms with van der Waals surface area (Å²) in [5.74, 6) is 0.252. The van der Waals surface area contributed by atoms with Crippen LogP contribution in [0.15, 0.2) is 60.7 Å². The van der Waals surface area contributed by atoms with E-state index in [1.807, 2.05) is 62.4 Å². The molecule has 0 amide bonds. The molecule has 0 aromatic heterocycles. The number of carbonyl (C=O) groups excluding carboxylic acids is 1. The molecule has 1 aliphatic carbocycles. The fourth-order valence-corrected chi connectivity index (χ4v) is 2.88. The minimum Gasteiger partial charge on any atom is -0.294 e. The summed E-state index contributed by atoms with van der Waals surface area (Å²) in [5, 5.41) is 0. The van der Waals surface area contributed by atoms with Gasteiger partial charge in [-0.05, 0) is 23.1 Å². The van der Waals surface area contributed by atoms with E-state index >= 15 is 0 Å². The van der Waals surface area contributed by atoms with Crippen molar-refractivity contribution in [2.75, 3.05) is 0 Å². The zero-order chi connectivity index (χ0) is 14.2. The van der Waals surface area contributed by atoms with Crippen LogP contribution in [0.5, 0.6) is 0 Å². The zero-order valence-electron chi connectivity index (χ0n) is 11.9. The van der Waals surface area contributed by atoms with Gasteiger partial charge in [0, 0.05) is 11.0 Å². The molecule has 1 nitrogen and oxygen atoms in total. The van der Waals surface area contributed by atoms with Gasteiger partial charge in [0.05, 0.1) is 0 Å². The third kappa shape index (κ3) is 2.09. The number of benzene rings is 2. The van der Waals surface area contributed by atoms with Gasteiger partial charge in [0.1, 0.15) is 0 Å². The monoisotopic (exact) mass is 262 g/mol. The first-order valence-corrected chi connectivity index (χ1v) is 6.98. The Morgan fingerprint density at radius 1 is 0.800 bits per heavy atom. The van der Waals surface area contributed by atoms with Crippen molar-refractivity contribution in [2.45, 2.75) is 20.3 Å². The Kier molecular flexibility index (Phi) is 3.06. The highest BCUT2D eigenvalue weighted by atomic mass is 16.1. The van der Waals surface area contributed by atoms with Gasteiger partial charge in [-0.1, -0.05) is 74.5 Å². The van der Waals surface area contributed by atoms with Crippen molar-refractivity contribution in [3.05, 3.63) is 71.8 Å². The van der Waals surface area contributed by atoms with Crippen molar-refractivity contribution in [3.63, 3.8) is 0 Å². The maximum atomic E-state index is 12.8. The molecule has 20 heavy (non-hydrogen) atoms. The highest BCUT2D eigenvalue weighted by Gasteiger charge is 2.40. The van der Waals surface area contributed by atoms with Gasteiger partial charge in [-0.2, -0.15) is 0 Å². The molecular formula is C19H18O. The lowest BCUT2D eigenvalue weighted by Gasteiger charge is -2.15. The largest absolute Gasteiger partial charge is 0.294 e. The molecule has 0 heterocycles. The van der Waals surface area contributed by atoms with Crippen LogP contribution in [0.2, 0.25) is 0 Å². The van der Waals surface area contributed by atoms with Crippen molar-refractivity contribution >= 4 is 16.9 Å². The molecule has 0 bridgehead atoms. The Labute approximate surface area is 120 Å². The summed E-state index contributed by atoms with van der Waals surface area (Å²) < 4.78 is 0. The van der Waals surface area contributed by atoms with Crippen molar-refractivity contribution in [1.29, 1.82) is 0 Å². The first kappa shape index (κ1) is 12.9. The second kappa shape index (κ2) is 4.75. The van der Waals surface area contributed by atoms with Gasteiger partial charge in [0.2, 0.25) is 0 Å². The normalized spacial score (nSPS) is 17.6. The predicted molar refractivity (Wildman–Crippen MR) is 83.1 cm³/mol. The van der Waals surface area contributed by atoms with Crippen molar-refractivity contribution in [1.82, 2.24) is 0 Å². The lowest BCUT2D eigenvalue weighted by Crippen LogP contribution is -2.19. The molecule has 0 saturated heterocycles. The van der Waals surface area contributed by atoms with Crippen LogP contribution < -0.4 is 0 Å². The standard InChI is InChI=1S/C19H18O/c1-19(2)13-16(14-9-5-3-6-10-14)17(18(19)20)15-11-7-4-8-12-15/h3-12H,13H2,1-2H3. The summed E-state index contributed by atoms with van der Waals surface area (Å²) >= 11 is 0. The number of carbonyl (C=O) groups is 1. The smallest absolute Gasteiger partial charge is 0.169 e. The van der Waals surface area contributed by atoms with E-state index in [2.05, 4.69) is 12.1 Å². The predicted octanol–water partition coefficient (Wildman–Crippen LogP) is 4.60. The van der Waals surface area contributed by atoms with Gasteiger partial charge in [-0.25, -0.2) is 0 Å². The van der Waals surface area contributed by atoms with Crippen LogP contribution >= 0.6 is 0 Å². The minimum atomic E-state index is -0.309. The molecule has 1 aliphatic rings. The lowest BCUT2D eigenvalue weighted by molar-refractivity contribution is -0.120. The Morgan fingerprint density at radius 2 is 1.30 bits per heavy atom. The molecule has 1 heteroatoms. The number of hydrogen-bond acceptors (Lipinski definition) is 1. The number of allylic oxidation sites excluding steroid dienone is 2. The fraction of sp³-hybridized carbons (Fsp3) is 0.211. The van der Waals surface area contributed by atoms with Crippen LogP contribution in [-0.2, 0) is 4.79 Å². The molecule has 2 aromatic rings. The molecule has 0 N–H and O–H groups in total. The van der Waals surface area contributed by atoms with Crippen LogP contribution in [0, 0.1) is 5.41 Å². The van der Waals surface area contributed by atoms with Gasteiger partial charge in [-0.15, -0.1) is 0 Å². The number of rotatable bonds is 2. The molecule has 100 valence electrons. The van der Waals surface area contributed by atoms with Crippen LogP contribution in [0.4, 0.5) is 0 Å². The number of ketones is 1.